The van der Waals surface area contributed by atoms with E-state index < -0.39 is 4.92 Å². The van der Waals surface area contributed by atoms with Crippen LogP contribution in [0.2, 0.25) is 0 Å². The molecular weight excluding hydrogens is 388 g/mol. The second-order valence-electron chi connectivity index (χ2n) is 11.3. The maximum Gasteiger partial charge on any atom is 0.270 e. The predicted molar refractivity (Wildman–Crippen MR) is 120 cm³/mol. The number of nitro benzene ring substituents is 1. The van der Waals surface area contributed by atoms with E-state index in [0.29, 0.717) is 11.0 Å². The van der Waals surface area contributed by atoms with E-state index >= 15 is 0 Å². The van der Waals surface area contributed by atoms with Crippen LogP contribution in [-0.2, 0) is 0 Å². The van der Waals surface area contributed by atoms with Gasteiger partial charge in [-0.05, 0) is 91.4 Å². The Morgan fingerprint density at radius 3 is 2.61 bits per heavy atom. The number of non-ortho nitro benzene ring substituents is 1. The number of rotatable bonds is 3. The smallest absolute Gasteiger partial charge is 0.270 e. The molecule has 0 amide bonds. The lowest BCUT2D eigenvalue weighted by Gasteiger charge is -2.60. The highest BCUT2D eigenvalue weighted by Crippen LogP contribution is 2.66. The molecule has 0 radical (unpaired) electrons. The van der Waals surface area contributed by atoms with Crippen molar-refractivity contribution in [2.45, 2.75) is 84.1 Å². The van der Waals surface area contributed by atoms with Crippen molar-refractivity contribution in [2.75, 3.05) is 0 Å². The molecular formula is C26H35N2O3-. The molecule has 5 heteroatoms. The van der Waals surface area contributed by atoms with Crippen molar-refractivity contribution >= 4 is 11.9 Å². The molecule has 1 aromatic carbocycles. The molecule has 0 aliphatic heterocycles. The van der Waals surface area contributed by atoms with Crippen LogP contribution in [0.5, 0.6) is 5.75 Å². The molecule has 0 bridgehead atoms. The van der Waals surface area contributed by atoms with Crippen molar-refractivity contribution in [3.8, 4) is 5.75 Å². The fourth-order valence-electron chi connectivity index (χ4n) is 8.43. The van der Waals surface area contributed by atoms with Crippen LogP contribution in [-0.4, -0.2) is 17.2 Å². The quantitative estimate of drug-likeness (QED) is 0.345. The normalized spacial score (nSPS) is 42.1. The van der Waals surface area contributed by atoms with Crippen molar-refractivity contribution in [1.29, 1.82) is 0 Å². The Balaban J connectivity index is 1.37. The summed E-state index contributed by atoms with van der Waals surface area (Å²) < 4.78 is 0. The lowest BCUT2D eigenvalue weighted by molar-refractivity contribution is -0.385. The molecule has 0 aromatic heterocycles. The molecule has 0 heterocycles. The van der Waals surface area contributed by atoms with Crippen LogP contribution in [0.1, 0.15) is 83.6 Å². The molecule has 0 unspecified atom stereocenters. The fourth-order valence-corrected chi connectivity index (χ4v) is 8.43. The number of benzene rings is 1. The first-order chi connectivity index (χ1) is 14.8. The Morgan fingerprint density at radius 2 is 1.81 bits per heavy atom. The zero-order chi connectivity index (χ0) is 21.8. The van der Waals surface area contributed by atoms with Gasteiger partial charge in [0.05, 0.1) is 11.0 Å². The lowest BCUT2D eigenvalue weighted by Crippen LogP contribution is -2.53. The predicted octanol–water partition coefficient (Wildman–Crippen LogP) is 5.89. The monoisotopic (exact) mass is 423 g/mol. The third-order valence-electron chi connectivity index (χ3n) is 10.1. The molecule has 7 atom stereocenters. The summed E-state index contributed by atoms with van der Waals surface area (Å²) in [5.41, 5.74) is 1.03. The van der Waals surface area contributed by atoms with Gasteiger partial charge in [0.2, 0.25) is 0 Å². The third-order valence-corrected chi connectivity index (χ3v) is 10.1. The molecule has 1 aromatic rings. The van der Waals surface area contributed by atoms with Gasteiger partial charge in [0.15, 0.2) is 0 Å². The van der Waals surface area contributed by atoms with Crippen molar-refractivity contribution in [2.24, 2.45) is 39.5 Å². The van der Waals surface area contributed by atoms with Gasteiger partial charge in [-0.3, -0.25) is 15.1 Å². The summed E-state index contributed by atoms with van der Waals surface area (Å²) in [6.45, 7) is 5.04. The average Bonchev–Trinajstić information content (AvgIpc) is 3.09. The summed E-state index contributed by atoms with van der Waals surface area (Å²) >= 11 is 0. The first kappa shape index (κ1) is 21.0. The Morgan fingerprint density at radius 1 is 1.00 bits per heavy atom. The molecule has 4 aliphatic carbocycles. The van der Waals surface area contributed by atoms with Gasteiger partial charge in [-0.1, -0.05) is 38.5 Å². The molecule has 5 nitrogen and oxygen atoms in total. The highest BCUT2D eigenvalue weighted by Gasteiger charge is 2.59. The number of nitrogens with zero attached hydrogens (tertiary/aromatic N) is 2. The second-order valence-corrected chi connectivity index (χ2v) is 11.3. The van der Waals surface area contributed by atoms with Gasteiger partial charge in [-0.15, -0.1) is 0 Å². The maximum atomic E-state index is 12.2. The van der Waals surface area contributed by atoms with Crippen LogP contribution in [0.3, 0.4) is 0 Å². The highest BCUT2D eigenvalue weighted by atomic mass is 16.6. The van der Waals surface area contributed by atoms with Crippen LogP contribution >= 0.6 is 0 Å². The number of hydrogen-bond donors (Lipinski definition) is 0. The van der Waals surface area contributed by atoms with Gasteiger partial charge in [-0.25, -0.2) is 0 Å². The number of aliphatic imine (C=N–C) groups is 1. The van der Waals surface area contributed by atoms with Crippen LogP contribution in [0, 0.1) is 44.6 Å². The average molecular weight is 424 g/mol. The van der Waals surface area contributed by atoms with Gasteiger partial charge < -0.3 is 5.11 Å². The topological polar surface area (TPSA) is 78.6 Å². The number of fused-ring (bicyclic) bond motifs is 5. The van der Waals surface area contributed by atoms with Crippen molar-refractivity contribution < 1.29 is 10.0 Å². The molecule has 4 aliphatic rings. The Bertz CT molecular complexity index is 899. The SMILES string of the molecule is C[C@]12CCCC[C@@H]1CC[C@@H]1[C@@H]2CC[C@]2(C)[C@@H](N=Cc3cc([N+](=O)[O-])ccc3[O-])CC[C@@H]12. The summed E-state index contributed by atoms with van der Waals surface area (Å²) in [6.07, 6.45) is 15.0. The van der Waals surface area contributed by atoms with E-state index in [-0.39, 0.29) is 22.9 Å². The Hall–Kier alpha value is -1.91. The van der Waals surface area contributed by atoms with E-state index in [9.17, 15) is 15.2 Å². The maximum absolute atomic E-state index is 12.2. The van der Waals surface area contributed by atoms with E-state index in [1.807, 2.05) is 0 Å². The standard InChI is InChI=1S/C26H36N2O3/c1-25-13-4-3-5-18(25)6-8-20-21-9-11-24(26(21,2)14-12-22(20)25)27-16-17-15-19(28(30)31)7-10-23(17)29/h7,10,15-16,18,20-22,24,29H,3-6,8-9,11-14H2,1-2H3/p-1/t18-,20+,21+,22+,24+,25+,26+/m1/s1. The summed E-state index contributed by atoms with van der Waals surface area (Å²) in [6, 6.07) is 4.14. The molecule has 4 fully saturated rings. The van der Waals surface area contributed by atoms with E-state index in [4.69, 9.17) is 4.99 Å². The van der Waals surface area contributed by atoms with Crippen LogP contribution in [0.15, 0.2) is 23.2 Å². The van der Waals surface area contributed by atoms with E-state index in [1.165, 1.54) is 76.0 Å². The van der Waals surface area contributed by atoms with E-state index in [0.717, 1.165) is 30.1 Å². The van der Waals surface area contributed by atoms with Gasteiger partial charge in [-0.2, -0.15) is 0 Å². The number of hydrogen-bond acceptors (Lipinski definition) is 4. The molecule has 5 rings (SSSR count). The minimum Gasteiger partial charge on any atom is -0.872 e. The summed E-state index contributed by atoms with van der Waals surface area (Å²) in [4.78, 5) is 15.5. The Kier molecular flexibility index (Phi) is 5.14. The molecule has 168 valence electrons. The minimum atomic E-state index is -0.451. The van der Waals surface area contributed by atoms with Crippen molar-refractivity contribution in [3.05, 3.63) is 33.9 Å². The van der Waals surface area contributed by atoms with Gasteiger partial charge in [0, 0.05) is 18.3 Å². The first-order valence-electron chi connectivity index (χ1n) is 12.3. The van der Waals surface area contributed by atoms with E-state index in [2.05, 4.69) is 13.8 Å². The lowest BCUT2D eigenvalue weighted by atomic mass is 9.45. The summed E-state index contributed by atoms with van der Waals surface area (Å²) in [7, 11) is 0. The van der Waals surface area contributed by atoms with Crippen LogP contribution < -0.4 is 5.11 Å². The van der Waals surface area contributed by atoms with Crippen LogP contribution in [0.4, 0.5) is 5.69 Å². The van der Waals surface area contributed by atoms with E-state index in [1.54, 1.807) is 6.21 Å². The number of nitro groups is 1. The minimum absolute atomic E-state index is 0.0467. The molecule has 0 spiro atoms. The van der Waals surface area contributed by atoms with Gasteiger partial charge in [0.1, 0.15) is 0 Å². The second kappa shape index (κ2) is 7.60. The highest BCUT2D eigenvalue weighted by molar-refractivity contribution is 5.84. The first-order valence-corrected chi connectivity index (χ1v) is 12.3. The molecule has 0 N–H and O–H groups in total. The zero-order valence-corrected chi connectivity index (χ0v) is 18.9. The van der Waals surface area contributed by atoms with Gasteiger partial charge in [0.25, 0.3) is 5.69 Å². The van der Waals surface area contributed by atoms with Gasteiger partial charge >= 0.3 is 0 Å². The summed E-state index contributed by atoms with van der Waals surface area (Å²) in [5, 5.41) is 23.3. The third kappa shape index (κ3) is 3.30. The largest absolute Gasteiger partial charge is 0.872 e. The zero-order valence-electron chi connectivity index (χ0n) is 18.9. The van der Waals surface area contributed by atoms with Crippen LogP contribution in [0.25, 0.3) is 0 Å². The summed E-state index contributed by atoms with van der Waals surface area (Å²) in [5.74, 6) is 3.17. The van der Waals surface area contributed by atoms with Crippen molar-refractivity contribution in [1.82, 2.24) is 0 Å². The molecule has 0 saturated heterocycles. The molecule has 4 saturated carbocycles. The fraction of sp³-hybridized carbons (Fsp3) is 0.731. The van der Waals surface area contributed by atoms with Crippen molar-refractivity contribution in [3.63, 3.8) is 0 Å². The Labute approximate surface area is 185 Å². The molecule has 31 heavy (non-hydrogen) atoms.